The molecule has 1 aliphatic rings. The predicted molar refractivity (Wildman–Crippen MR) is 145 cm³/mol. The van der Waals surface area contributed by atoms with Crippen LogP contribution in [0.1, 0.15) is 33.9 Å². The smallest absolute Gasteiger partial charge is 0.459 e. The normalized spacial score (nSPS) is 22.9. The van der Waals surface area contributed by atoms with Gasteiger partial charge in [-0.25, -0.2) is 9.55 Å². The maximum absolute atomic E-state index is 14.2. The highest BCUT2D eigenvalue weighted by Crippen LogP contribution is 2.47. The number of carbonyl (C=O) groups excluding carboxylic acids is 1. The Balaban J connectivity index is 1.55. The quantitative estimate of drug-likeness (QED) is 0.194. The van der Waals surface area contributed by atoms with Crippen LogP contribution < -0.4 is 20.1 Å². The molecule has 1 saturated heterocycles. The minimum absolute atomic E-state index is 0.0905. The fraction of sp³-hybridized carbons (Fsp3) is 0.520. The number of hydrogen-bond donors (Lipinski definition) is 3. The summed E-state index contributed by atoms with van der Waals surface area (Å²) in [4.78, 5) is 24.9. The van der Waals surface area contributed by atoms with Gasteiger partial charge in [-0.15, -0.1) is 0 Å². The molecule has 0 amide bonds. The molecule has 14 nitrogen and oxygen atoms in total. The van der Waals surface area contributed by atoms with Crippen LogP contribution in [0.2, 0.25) is 0 Å². The Hall–Kier alpha value is -3.36. The highest BCUT2D eigenvalue weighted by molar-refractivity contribution is 7.52. The number of esters is 1. The van der Waals surface area contributed by atoms with Crippen molar-refractivity contribution in [2.45, 2.75) is 58.3 Å². The van der Waals surface area contributed by atoms with Crippen molar-refractivity contribution in [3.8, 4) is 11.6 Å². The second kappa shape index (κ2) is 13.1. The first-order valence-electron chi connectivity index (χ1n) is 13.0. The van der Waals surface area contributed by atoms with Crippen LogP contribution in [0.4, 0.5) is 10.3 Å². The number of para-hydroxylation sites is 1. The number of alkyl halides is 1. The molecule has 0 aliphatic carbocycles. The SMILES string of the molecule is CCOc1nc(N)nc2c1ncn2[C@@H]1O[C@H](COP(=O)(N[C@H](C)C(=O)OC(C)C)Oc2ccccc2)[C@@H](CF)[C@H]1O. The molecule has 0 saturated carbocycles. The van der Waals surface area contributed by atoms with Crippen molar-refractivity contribution in [3.05, 3.63) is 36.7 Å². The number of nitrogens with two attached hydrogens (primary N) is 1. The lowest BCUT2D eigenvalue weighted by Crippen LogP contribution is -2.37. The van der Waals surface area contributed by atoms with Crippen molar-refractivity contribution in [2.75, 3.05) is 25.6 Å². The summed E-state index contributed by atoms with van der Waals surface area (Å²) >= 11 is 0. The molecule has 0 bridgehead atoms. The molecule has 2 aromatic heterocycles. The van der Waals surface area contributed by atoms with Crippen molar-refractivity contribution >= 4 is 30.8 Å². The van der Waals surface area contributed by atoms with Gasteiger partial charge in [0.05, 0.1) is 38.4 Å². The van der Waals surface area contributed by atoms with Crippen LogP contribution >= 0.6 is 7.75 Å². The van der Waals surface area contributed by atoms with Crippen LogP contribution in [-0.2, 0) is 23.4 Å². The maximum Gasteiger partial charge on any atom is 0.459 e. The van der Waals surface area contributed by atoms with Crippen molar-refractivity contribution in [1.29, 1.82) is 0 Å². The van der Waals surface area contributed by atoms with Gasteiger partial charge in [-0.2, -0.15) is 15.1 Å². The van der Waals surface area contributed by atoms with Crippen LogP contribution in [0, 0.1) is 5.92 Å². The van der Waals surface area contributed by atoms with Gasteiger partial charge < -0.3 is 29.6 Å². The summed E-state index contributed by atoms with van der Waals surface area (Å²) < 4.78 is 57.3. The van der Waals surface area contributed by atoms with Gasteiger partial charge in [0, 0.05) is 5.92 Å². The molecule has 4 rings (SSSR count). The van der Waals surface area contributed by atoms with Gasteiger partial charge in [0.15, 0.2) is 17.4 Å². The summed E-state index contributed by atoms with van der Waals surface area (Å²) in [7, 11) is -4.25. The number of benzene rings is 1. The maximum atomic E-state index is 14.2. The Kier molecular flexibility index (Phi) is 9.76. The Morgan fingerprint density at radius 1 is 1.27 bits per heavy atom. The summed E-state index contributed by atoms with van der Waals surface area (Å²) in [5.74, 6) is -1.48. The molecule has 1 aromatic carbocycles. The summed E-state index contributed by atoms with van der Waals surface area (Å²) in [5.41, 5.74) is 6.32. The highest BCUT2D eigenvalue weighted by Gasteiger charge is 2.47. The number of nitrogens with one attached hydrogen (secondary N) is 1. The van der Waals surface area contributed by atoms with E-state index in [9.17, 15) is 18.9 Å². The third-order valence-electron chi connectivity index (χ3n) is 6.10. The van der Waals surface area contributed by atoms with Gasteiger partial charge in [0.2, 0.25) is 11.8 Å². The first kappa shape index (κ1) is 30.6. The van der Waals surface area contributed by atoms with Crippen molar-refractivity contribution in [2.24, 2.45) is 5.92 Å². The molecule has 224 valence electrons. The molecule has 4 N–H and O–H groups in total. The molecule has 1 unspecified atom stereocenters. The van der Waals surface area contributed by atoms with Gasteiger partial charge in [0.1, 0.15) is 17.9 Å². The van der Waals surface area contributed by atoms with Crippen LogP contribution in [-0.4, -0.2) is 74.8 Å². The molecular weight excluding hydrogens is 562 g/mol. The number of nitrogens with zero attached hydrogens (tertiary/aromatic N) is 4. The topological polar surface area (TPSA) is 182 Å². The average molecular weight is 597 g/mol. The largest absolute Gasteiger partial charge is 0.476 e. The molecule has 0 spiro atoms. The molecule has 1 aliphatic heterocycles. The van der Waals surface area contributed by atoms with Gasteiger partial charge in [-0.3, -0.25) is 18.3 Å². The van der Waals surface area contributed by atoms with Gasteiger partial charge in [-0.05, 0) is 39.8 Å². The number of aliphatic hydroxyl groups excluding tert-OH is 1. The minimum atomic E-state index is -4.25. The number of aliphatic hydroxyl groups is 1. The Morgan fingerprint density at radius 2 is 2.00 bits per heavy atom. The van der Waals surface area contributed by atoms with Crippen LogP contribution in [0.3, 0.4) is 0 Å². The monoisotopic (exact) mass is 596 g/mol. The number of imidazole rings is 1. The van der Waals surface area contributed by atoms with E-state index >= 15 is 0 Å². The molecule has 1 fully saturated rings. The Morgan fingerprint density at radius 3 is 2.66 bits per heavy atom. The first-order chi connectivity index (χ1) is 19.5. The molecule has 6 atom stereocenters. The number of anilines is 1. The van der Waals surface area contributed by atoms with E-state index in [0.29, 0.717) is 6.61 Å². The van der Waals surface area contributed by atoms with E-state index in [1.54, 1.807) is 51.1 Å². The summed E-state index contributed by atoms with van der Waals surface area (Å²) in [6.45, 7) is 5.44. The zero-order chi connectivity index (χ0) is 29.7. The van der Waals surface area contributed by atoms with Gasteiger partial charge >= 0.3 is 13.7 Å². The molecule has 41 heavy (non-hydrogen) atoms. The lowest BCUT2D eigenvalue weighted by molar-refractivity contribution is -0.149. The third kappa shape index (κ3) is 7.11. The number of nitrogen functional groups attached to an aromatic ring is 1. The molecule has 3 aromatic rings. The van der Waals surface area contributed by atoms with Crippen molar-refractivity contribution in [3.63, 3.8) is 0 Å². The van der Waals surface area contributed by atoms with Crippen LogP contribution in [0.25, 0.3) is 11.2 Å². The summed E-state index contributed by atoms with van der Waals surface area (Å²) in [5, 5.41) is 13.6. The van der Waals surface area contributed by atoms with Crippen LogP contribution in [0.15, 0.2) is 36.7 Å². The molecule has 16 heteroatoms. The summed E-state index contributed by atoms with van der Waals surface area (Å²) in [6.07, 6.45) is -2.63. The number of fused-ring (bicyclic) bond motifs is 1. The molecule has 0 radical (unpaired) electrons. The van der Waals surface area contributed by atoms with E-state index in [1.165, 1.54) is 17.8 Å². The number of hydrogen-bond acceptors (Lipinski definition) is 12. The Bertz CT molecular complexity index is 1380. The lowest BCUT2D eigenvalue weighted by atomic mass is 10.00. The number of carbonyl (C=O) groups is 1. The number of halogens is 1. The first-order valence-corrected chi connectivity index (χ1v) is 14.6. The lowest BCUT2D eigenvalue weighted by Gasteiger charge is -2.25. The van der Waals surface area contributed by atoms with Crippen molar-refractivity contribution in [1.82, 2.24) is 24.6 Å². The predicted octanol–water partition coefficient (Wildman–Crippen LogP) is 2.78. The zero-order valence-corrected chi connectivity index (χ0v) is 23.9. The van der Waals surface area contributed by atoms with E-state index in [0.717, 1.165) is 0 Å². The van der Waals surface area contributed by atoms with Crippen LogP contribution in [0.5, 0.6) is 11.6 Å². The van der Waals surface area contributed by atoms with E-state index in [4.69, 9.17) is 29.0 Å². The van der Waals surface area contributed by atoms with E-state index in [2.05, 4.69) is 20.0 Å². The standard InChI is InChI=1S/C25H34FN6O8P/c1-5-36-22-19-21(29-25(27)30-22)32(13-28-19)23-20(33)17(11-26)18(39-23)12-37-41(35,40-16-9-7-6-8-10-16)31-15(4)24(34)38-14(2)3/h6-10,13-15,17-18,20,23,33H,5,11-12H2,1-4H3,(H,31,35)(H2,27,29,30)/t15-,17-,18-,20-,23-,41?/m1/s1. The zero-order valence-electron chi connectivity index (χ0n) is 23.0. The average Bonchev–Trinajstić information content (AvgIpc) is 3.47. The number of aromatic nitrogens is 4. The van der Waals surface area contributed by atoms with E-state index in [-0.39, 0.29) is 28.7 Å². The van der Waals surface area contributed by atoms with E-state index < -0.39 is 63.5 Å². The second-order valence-corrected chi connectivity index (χ2v) is 11.2. The Labute approximate surface area is 235 Å². The second-order valence-electron chi connectivity index (χ2n) is 9.55. The summed E-state index contributed by atoms with van der Waals surface area (Å²) in [6, 6.07) is 7.11. The fourth-order valence-electron chi connectivity index (χ4n) is 4.21. The highest BCUT2D eigenvalue weighted by atomic mass is 31.2. The molecule has 3 heterocycles. The minimum Gasteiger partial charge on any atom is -0.476 e. The fourth-order valence-corrected chi connectivity index (χ4v) is 5.71. The van der Waals surface area contributed by atoms with Gasteiger partial charge in [-0.1, -0.05) is 18.2 Å². The van der Waals surface area contributed by atoms with E-state index in [1.807, 2.05) is 0 Å². The molecular formula is C25H34FN6O8P. The van der Waals surface area contributed by atoms with Crippen molar-refractivity contribution < 1.29 is 42.1 Å². The number of ether oxygens (including phenoxy) is 3. The number of rotatable bonds is 13. The third-order valence-corrected chi connectivity index (χ3v) is 7.74. The van der Waals surface area contributed by atoms with Gasteiger partial charge in [0.25, 0.3) is 0 Å².